The third-order valence-corrected chi connectivity index (χ3v) is 2.91. The lowest BCUT2D eigenvalue weighted by Crippen LogP contribution is -2.37. The van der Waals surface area contributed by atoms with Gasteiger partial charge in [-0.2, -0.15) is 0 Å². The Morgan fingerprint density at radius 1 is 1.39 bits per heavy atom. The van der Waals surface area contributed by atoms with Crippen molar-refractivity contribution >= 4 is 17.6 Å². The molecular formula is C14H19NO3. The van der Waals surface area contributed by atoms with Crippen LogP contribution in [0.5, 0.6) is 0 Å². The van der Waals surface area contributed by atoms with Gasteiger partial charge < -0.3 is 9.64 Å². The Balaban J connectivity index is 2.92. The van der Waals surface area contributed by atoms with Crippen molar-refractivity contribution in [3.8, 4) is 0 Å². The van der Waals surface area contributed by atoms with Crippen LogP contribution in [0.15, 0.2) is 24.3 Å². The summed E-state index contributed by atoms with van der Waals surface area (Å²) in [4.78, 5) is 25.2. The van der Waals surface area contributed by atoms with E-state index < -0.39 is 11.9 Å². The van der Waals surface area contributed by atoms with E-state index in [1.165, 1.54) is 12.0 Å². The first-order valence-electron chi connectivity index (χ1n) is 5.93. The molecule has 1 amide bonds. The molecule has 98 valence electrons. The second-order valence-corrected chi connectivity index (χ2v) is 4.22. The maximum atomic E-state index is 12.2. The molecule has 1 atom stereocenters. The van der Waals surface area contributed by atoms with Crippen LogP contribution < -0.4 is 4.90 Å². The van der Waals surface area contributed by atoms with Crippen LogP contribution in [0.3, 0.4) is 0 Å². The third-order valence-electron chi connectivity index (χ3n) is 2.91. The Hall–Kier alpha value is -1.84. The first-order valence-corrected chi connectivity index (χ1v) is 5.93. The van der Waals surface area contributed by atoms with Crippen molar-refractivity contribution in [1.29, 1.82) is 0 Å². The molecule has 0 bridgehead atoms. The predicted octanol–water partition coefficient (Wildman–Crippen LogP) is 2.16. The minimum absolute atomic E-state index is 0.241. The molecule has 4 nitrogen and oxygen atoms in total. The summed E-state index contributed by atoms with van der Waals surface area (Å²) < 4.78 is 4.65. The second kappa shape index (κ2) is 6.19. The molecule has 18 heavy (non-hydrogen) atoms. The van der Waals surface area contributed by atoms with Crippen molar-refractivity contribution in [3.63, 3.8) is 0 Å². The van der Waals surface area contributed by atoms with E-state index in [-0.39, 0.29) is 5.91 Å². The molecule has 0 spiro atoms. The number of methoxy groups -OCH3 is 1. The van der Waals surface area contributed by atoms with Crippen molar-refractivity contribution in [2.45, 2.75) is 20.3 Å². The molecule has 0 saturated heterocycles. The van der Waals surface area contributed by atoms with Gasteiger partial charge in [0.1, 0.15) is 5.92 Å². The standard InChI is InChI=1S/C14H19NO3/c1-5-12(14(17)18-4)13(16)15(3)11-8-6-7-10(2)9-11/h6-9,12H,5H2,1-4H3. The minimum atomic E-state index is -0.736. The summed E-state index contributed by atoms with van der Waals surface area (Å²) >= 11 is 0. The molecule has 0 fully saturated rings. The lowest BCUT2D eigenvalue weighted by atomic mass is 10.0. The van der Waals surface area contributed by atoms with Crippen molar-refractivity contribution in [2.75, 3.05) is 19.1 Å². The summed E-state index contributed by atoms with van der Waals surface area (Å²) in [5, 5.41) is 0. The third kappa shape index (κ3) is 3.09. The van der Waals surface area contributed by atoms with Gasteiger partial charge in [-0.15, -0.1) is 0 Å². The Morgan fingerprint density at radius 3 is 2.56 bits per heavy atom. The van der Waals surface area contributed by atoms with Gasteiger partial charge in [0.25, 0.3) is 0 Å². The zero-order valence-corrected chi connectivity index (χ0v) is 11.3. The molecule has 1 rings (SSSR count). The van der Waals surface area contributed by atoms with Gasteiger partial charge in [0.05, 0.1) is 7.11 Å². The summed E-state index contributed by atoms with van der Waals surface area (Å²) in [5.41, 5.74) is 1.85. The monoisotopic (exact) mass is 249 g/mol. The lowest BCUT2D eigenvalue weighted by molar-refractivity contribution is -0.149. The molecule has 0 aromatic heterocycles. The average Bonchev–Trinajstić information content (AvgIpc) is 2.38. The largest absolute Gasteiger partial charge is 0.468 e. The fraction of sp³-hybridized carbons (Fsp3) is 0.429. The maximum absolute atomic E-state index is 12.2. The number of amides is 1. The Morgan fingerprint density at radius 2 is 2.06 bits per heavy atom. The number of anilines is 1. The zero-order valence-electron chi connectivity index (χ0n) is 11.3. The fourth-order valence-electron chi connectivity index (χ4n) is 1.78. The van der Waals surface area contributed by atoms with Crippen LogP contribution in [0.2, 0.25) is 0 Å². The number of hydrogen-bond donors (Lipinski definition) is 0. The van der Waals surface area contributed by atoms with Gasteiger partial charge >= 0.3 is 5.97 Å². The predicted molar refractivity (Wildman–Crippen MR) is 70.4 cm³/mol. The number of nitrogens with zero attached hydrogens (tertiary/aromatic N) is 1. The number of esters is 1. The number of benzene rings is 1. The molecule has 0 heterocycles. The van der Waals surface area contributed by atoms with Crippen LogP contribution in [0.4, 0.5) is 5.69 Å². The molecule has 0 saturated carbocycles. The van der Waals surface area contributed by atoms with E-state index in [2.05, 4.69) is 4.74 Å². The number of carbonyl (C=O) groups is 2. The van der Waals surface area contributed by atoms with Crippen molar-refractivity contribution < 1.29 is 14.3 Å². The fourth-order valence-corrected chi connectivity index (χ4v) is 1.78. The maximum Gasteiger partial charge on any atom is 0.318 e. The Kier molecular flexibility index (Phi) is 4.89. The summed E-state index contributed by atoms with van der Waals surface area (Å²) in [6.07, 6.45) is 0.432. The highest BCUT2D eigenvalue weighted by Gasteiger charge is 2.28. The smallest absolute Gasteiger partial charge is 0.318 e. The van der Waals surface area contributed by atoms with Crippen LogP contribution in [-0.4, -0.2) is 26.0 Å². The van der Waals surface area contributed by atoms with Gasteiger partial charge in [0.15, 0.2) is 0 Å². The quantitative estimate of drug-likeness (QED) is 0.607. The van der Waals surface area contributed by atoms with Gasteiger partial charge in [-0.3, -0.25) is 9.59 Å². The number of ether oxygens (including phenoxy) is 1. The van der Waals surface area contributed by atoms with Crippen molar-refractivity contribution in [2.24, 2.45) is 5.92 Å². The summed E-state index contributed by atoms with van der Waals surface area (Å²) in [5.74, 6) is -1.46. The van der Waals surface area contributed by atoms with Gasteiger partial charge in [-0.1, -0.05) is 19.1 Å². The molecule has 0 aliphatic heterocycles. The number of hydrogen-bond acceptors (Lipinski definition) is 3. The zero-order chi connectivity index (χ0) is 13.7. The van der Waals surface area contributed by atoms with E-state index >= 15 is 0 Å². The van der Waals surface area contributed by atoms with E-state index in [9.17, 15) is 9.59 Å². The SMILES string of the molecule is CCC(C(=O)OC)C(=O)N(C)c1cccc(C)c1. The Labute approximate surface area is 108 Å². The molecule has 1 aromatic carbocycles. The van der Waals surface area contributed by atoms with Crippen LogP contribution >= 0.6 is 0 Å². The summed E-state index contributed by atoms with van der Waals surface area (Å²) in [7, 11) is 2.97. The van der Waals surface area contributed by atoms with E-state index in [4.69, 9.17) is 0 Å². The highest BCUT2D eigenvalue weighted by atomic mass is 16.5. The second-order valence-electron chi connectivity index (χ2n) is 4.22. The topological polar surface area (TPSA) is 46.6 Å². The summed E-state index contributed by atoms with van der Waals surface area (Å²) in [6.45, 7) is 3.75. The molecule has 0 radical (unpaired) electrons. The first kappa shape index (κ1) is 14.2. The van der Waals surface area contributed by atoms with E-state index in [0.717, 1.165) is 11.3 Å². The molecule has 1 aromatic rings. The lowest BCUT2D eigenvalue weighted by Gasteiger charge is -2.22. The highest BCUT2D eigenvalue weighted by Crippen LogP contribution is 2.18. The van der Waals surface area contributed by atoms with Crippen LogP contribution in [0.25, 0.3) is 0 Å². The van der Waals surface area contributed by atoms with E-state index in [1.54, 1.807) is 14.0 Å². The van der Waals surface area contributed by atoms with Gasteiger partial charge in [0.2, 0.25) is 5.91 Å². The molecule has 0 aliphatic carbocycles. The minimum Gasteiger partial charge on any atom is -0.468 e. The number of carbonyl (C=O) groups excluding carboxylic acids is 2. The number of aryl methyl sites for hydroxylation is 1. The van der Waals surface area contributed by atoms with Crippen molar-refractivity contribution in [3.05, 3.63) is 29.8 Å². The van der Waals surface area contributed by atoms with Crippen LogP contribution in [-0.2, 0) is 14.3 Å². The van der Waals surface area contributed by atoms with E-state index in [0.29, 0.717) is 6.42 Å². The molecule has 4 heteroatoms. The molecule has 1 unspecified atom stereocenters. The molecular weight excluding hydrogens is 230 g/mol. The average molecular weight is 249 g/mol. The van der Waals surface area contributed by atoms with E-state index in [1.807, 2.05) is 31.2 Å². The van der Waals surface area contributed by atoms with Gasteiger partial charge in [-0.25, -0.2) is 0 Å². The number of rotatable bonds is 4. The van der Waals surface area contributed by atoms with Gasteiger partial charge in [0, 0.05) is 12.7 Å². The summed E-state index contributed by atoms with van der Waals surface area (Å²) in [6, 6.07) is 7.59. The molecule has 0 N–H and O–H groups in total. The van der Waals surface area contributed by atoms with Crippen LogP contribution in [0, 0.1) is 12.8 Å². The highest BCUT2D eigenvalue weighted by molar-refractivity contribution is 6.05. The normalized spacial score (nSPS) is 11.8. The molecule has 0 aliphatic rings. The Bertz CT molecular complexity index is 442. The van der Waals surface area contributed by atoms with Crippen LogP contribution in [0.1, 0.15) is 18.9 Å². The van der Waals surface area contributed by atoms with Crippen molar-refractivity contribution in [1.82, 2.24) is 0 Å². The first-order chi connectivity index (χ1) is 8.51. The van der Waals surface area contributed by atoms with Gasteiger partial charge in [-0.05, 0) is 31.0 Å².